The lowest BCUT2D eigenvalue weighted by Crippen LogP contribution is -2.31. The van der Waals surface area contributed by atoms with Gasteiger partial charge in [-0.15, -0.1) is 0 Å². The van der Waals surface area contributed by atoms with Crippen molar-refractivity contribution in [2.45, 2.75) is 11.7 Å². The molecule has 0 bridgehead atoms. The van der Waals surface area contributed by atoms with Crippen molar-refractivity contribution in [2.24, 2.45) is 0 Å². The van der Waals surface area contributed by atoms with E-state index in [0.29, 0.717) is 27.2 Å². The molecule has 1 aliphatic heterocycles. The average Bonchev–Trinajstić information content (AvgIpc) is 3.01. The highest BCUT2D eigenvalue weighted by Gasteiger charge is 2.40. The van der Waals surface area contributed by atoms with Gasteiger partial charge in [-0.05, 0) is 48.4 Å². The number of nitrogens with one attached hydrogen (secondary N) is 1. The predicted molar refractivity (Wildman–Crippen MR) is 120 cm³/mol. The molecule has 1 fully saturated rings. The van der Waals surface area contributed by atoms with Crippen LogP contribution in [0.25, 0.3) is 0 Å². The van der Waals surface area contributed by atoms with Crippen molar-refractivity contribution in [3.63, 3.8) is 0 Å². The summed E-state index contributed by atoms with van der Waals surface area (Å²) in [6, 6.07) is 14.1. The van der Waals surface area contributed by atoms with Crippen LogP contribution in [0.2, 0.25) is 10.0 Å². The Labute approximate surface area is 190 Å². The number of hydrogen-bond acceptors (Lipinski definition) is 4. The van der Waals surface area contributed by atoms with Crippen molar-refractivity contribution in [2.75, 3.05) is 11.9 Å². The highest BCUT2D eigenvalue weighted by atomic mass is 79.9. The summed E-state index contributed by atoms with van der Waals surface area (Å²) in [5.41, 5.74) is 1.22. The number of nitrogens with zero attached hydrogens (tertiary/aromatic N) is 2. The van der Waals surface area contributed by atoms with E-state index in [0.717, 1.165) is 10.0 Å². The molecule has 2 aromatic rings. The third kappa shape index (κ3) is 4.62. The molecule has 2 amide bonds. The summed E-state index contributed by atoms with van der Waals surface area (Å²) in [6.07, 6.45) is 0.336. The third-order valence-electron chi connectivity index (χ3n) is 4.24. The van der Waals surface area contributed by atoms with Gasteiger partial charge in [0, 0.05) is 27.3 Å². The van der Waals surface area contributed by atoms with Crippen molar-refractivity contribution < 1.29 is 9.59 Å². The second-order valence-electron chi connectivity index (χ2n) is 6.07. The average molecular weight is 511 g/mol. The van der Waals surface area contributed by atoms with E-state index in [1.807, 2.05) is 6.07 Å². The molecule has 0 radical (unpaired) electrons. The summed E-state index contributed by atoms with van der Waals surface area (Å²) >= 11 is 16.8. The van der Waals surface area contributed by atoms with Gasteiger partial charge in [-0.3, -0.25) is 14.5 Å². The van der Waals surface area contributed by atoms with E-state index in [1.165, 1.54) is 23.7 Å². The molecule has 9 heteroatoms. The number of anilines is 1. The van der Waals surface area contributed by atoms with Crippen molar-refractivity contribution in [3.8, 4) is 6.07 Å². The number of likely N-dealkylation sites (N-methyl/N-ethyl adjacent to an activating group) is 1. The van der Waals surface area contributed by atoms with E-state index in [2.05, 4.69) is 21.2 Å². The van der Waals surface area contributed by atoms with Gasteiger partial charge in [-0.1, -0.05) is 57.0 Å². The molecule has 1 N–H and O–H groups in total. The van der Waals surface area contributed by atoms with Gasteiger partial charge in [-0.25, -0.2) is 0 Å². The zero-order valence-electron chi connectivity index (χ0n) is 15.1. The molecule has 1 aliphatic rings. The van der Waals surface area contributed by atoms with Gasteiger partial charge in [0.25, 0.3) is 5.91 Å². The van der Waals surface area contributed by atoms with Crippen LogP contribution in [0.1, 0.15) is 5.56 Å². The number of carbonyl (C=O) groups excluding carboxylic acids is 2. The highest BCUT2D eigenvalue weighted by molar-refractivity contribution is 9.10. The minimum Gasteiger partial charge on any atom is -0.354 e. The predicted octanol–water partition coefficient (Wildman–Crippen LogP) is 4.93. The molecular formula is C20H14BrCl2N3O2S. The van der Waals surface area contributed by atoms with E-state index in [9.17, 15) is 14.9 Å². The minimum absolute atomic E-state index is 0.113. The summed E-state index contributed by atoms with van der Waals surface area (Å²) < 4.78 is 0.849. The topological polar surface area (TPSA) is 73.2 Å². The Morgan fingerprint density at radius 1 is 1.28 bits per heavy atom. The first kappa shape index (κ1) is 21.7. The molecule has 0 spiro atoms. The second kappa shape index (κ2) is 9.23. The van der Waals surface area contributed by atoms with Crippen molar-refractivity contribution in [1.29, 1.82) is 5.26 Å². The molecule has 0 unspecified atom stereocenters. The molecule has 148 valence electrons. The molecule has 3 rings (SSSR count). The second-order valence-corrected chi connectivity index (χ2v) is 9.02. The van der Waals surface area contributed by atoms with Gasteiger partial charge < -0.3 is 5.32 Å². The molecule has 0 aromatic heterocycles. The fourth-order valence-corrected chi connectivity index (χ4v) is 4.87. The quantitative estimate of drug-likeness (QED) is 0.467. The third-order valence-corrected chi connectivity index (χ3v) is 6.62. The fourth-order valence-electron chi connectivity index (χ4n) is 2.82. The Morgan fingerprint density at radius 2 is 1.97 bits per heavy atom. The highest BCUT2D eigenvalue weighted by Crippen LogP contribution is 2.42. The monoisotopic (exact) mass is 509 g/mol. The molecule has 2 aromatic carbocycles. The minimum atomic E-state index is -0.546. The van der Waals surface area contributed by atoms with E-state index in [-0.39, 0.29) is 11.5 Å². The van der Waals surface area contributed by atoms with Crippen LogP contribution in [-0.4, -0.2) is 24.1 Å². The molecule has 1 saturated heterocycles. The first-order valence-electron chi connectivity index (χ1n) is 8.42. The molecule has 1 atom stereocenters. The van der Waals surface area contributed by atoms with Crippen molar-refractivity contribution in [1.82, 2.24) is 5.32 Å². The summed E-state index contributed by atoms with van der Waals surface area (Å²) in [4.78, 5) is 26.9. The molecular weight excluding hydrogens is 497 g/mol. The van der Waals surface area contributed by atoms with Crippen molar-refractivity contribution in [3.05, 3.63) is 73.1 Å². The number of amides is 2. The lowest BCUT2D eigenvalue weighted by atomic mass is 10.1. The number of thioether (sulfide) groups is 1. The number of benzene rings is 2. The van der Waals surface area contributed by atoms with Crippen LogP contribution in [-0.2, 0) is 16.0 Å². The molecule has 0 aliphatic carbocycles. The van der Waals surface area contributed by atoms with Crippen molar-refractivity contribution >= 4 is 68.4 Å². The Balaban J connectivity index is 2.05. The smallest absolute Gasteiger partial charge is 0.264 e. The molecule has 29 heavy (non-hydrogen) atoms. The fraction of sp³-hybridized carbons (Fsp3) is 0.150. The number of hydrogen-bond donors (Lipinski definition) is 1. The van der Waals surface area contributed by atoms with E-state index in [1.54, 1.807) is 42.5 Å². The van der Waals surface area contributed by atoms with Crippen LogP contribution in [0.4, 0.5) is 5.69 Å². The number of rotatable bonds is 4. The normalized spacial score (nSPS) is 17.8. The van der Waals surface area contributed by atoms with Gasteiger partial charge in [0.15, 0.2) is 0 Å². The SMILES string of the molecule is CNC(=O)/C(C#N)=C1\S[C@@H](Cc2ccc(Cl)cc2Cl)C(=O)N1c1ccc(Br)cc1. The first-order valence-corrected chi connectivity index (χ1v) is 10.8. The van der Waals surface area contributed by atoms with E-state index < -0.39 is 11.2 Å². The number of carbonyl (C=O) groups is 2. The van der Waals surface area contributed by atoms with Gasteiger partial charge in [0.1, 0.15) is 16.7 Å². The zero-order valence-corrected chi connectivity index (χ0v) is 19.0. The molecule has 5 nitrogen and oxygen atoms in total. The number of nitriles is 1. The summed E-state index contributed by atoms with van der Waals surface area (Å²) in [5.74, 6) is -0.773. The first-order chi connectivity index (χ1) is 13.8. The van der Waals surface area contributed by atoms with E-state index in [4.69, 9.17) is 23.2 Å². The Morgan fingerprint density at radius 3 is 2.55 bits per heavy atom. The lowest BCUT2D eigenvalue weighted by molar-refractivity contribution is -0.117. The molecule has 0 saturated carbocycles. The van der Waals surface area contributed by atoms with Gasteiger partial charge >= 0.3 is 0 Å². The van der Waals surface area contributed by atoms with Gasteiger partial charge in [0.05, 0.1) is 5.25 Å². The van der Waals surface area contributed by atoms with E-state index >= 15 is 0 Å². The lowest BCUT2D eigenvalue weighted by Gasteiger charge is -2.18. The van der Waals surface area contributed by atoms with Gasteiger partial charge in [0.2, 0.25) is 5.91 Å². The van der Waals surface area contributed by atoms with Crippen LogP contribution in [0.15, 0.2) is 57.5 Å². The number of halogens is 3. The summed E-state index contributed by atoms with van der Waals surface area (Å²) in [5, 5.41) is 12.8. The Bertz CT molecular complexity index is 1050. The van der Waals surface area contributed by atoms with Crippen LogP contribution in [0, 0.1) is 11.3 Å². The maximum Gasteiger partial charge on any atom is 0.264 e. The largest absolute Gasteiger partial charge is 0.354 e. The Hall–Kier alpha value is -1.98. The Kier molecular flexibility index (Phi) is 6.91. The molecule has 1 heterocycles. The zero-order chi connectivity index (χ0) is 21.1. The maximum atomic E-state index is 13.3. The van der Waals surface area contributed by atoms with Crippen LogP contribution in [0.5, 0.6) is 0 Å². The van der Waals surface area contributed by atoms with Crippen LogP contribution < -0.4 is 10.2 Å². The van der Waals surface area contributed by atoms with Crippen LogP contribution >= 0.6 is 50.9 Å². The summed E-state index contributed by atoms with van der Waals surface area (Å²) in [6.45, 7) is 0. The standard InChI is InChI=1S/C20H14BrCl2N3O2S/c1-25-18(27)15(10-24)20-26(14-6-3-12(21)4-7-14)19(28)17(29-20)8-11-2-5-13(22)9-16(11)23/h2-7,9,17H,8H2,1H3,(H,25,27)/b20-15-/t17-/m0/s1. The van der Waals surface area contributed by atoms with Crippen LogP contribution in [0.3, 0.4) is 0 Å². The maximum absolute atomic E-state index is 13.3. The summed E-state index contributed by atoms with van der Waals surface area (Å²) in [7, 11) is 1.44. The van der Waals surface area contributed by atoms with Gasteiger partial charge in [-0.2, -0.15) is 5.26 Å².